The predicted molar refractivity (Wildman–Crippen MR) is 78.3 cm³/mol. The number of fused-ring (bicyclic) bond motifs is 1. The molecule has 0 fully saturated rings. The first-order valence-corrected chi connectivity index (χ1v) is 6.47. The molecule has 2 aromatic carbocycles. The van der Waals surface area contributed by atoms with Crippen molar-refractivity contribution in [3.8, 4) is 0 Å². The molecular formula is C16H15N3O. The monoisotopic (exact) mass is 265 g/mol. The molecule has 0 radical (unpaired) electrons. The lowest BCUT2D eigenvalue weighted by molar-refractivity contribution is 0.0787. The third kappa shape index (κ3) is 2.28. The zero-order chi connectivity index (χ0) is 13.9. The Morgan fingerprint density at radius 2 is 1.95 bits per heavy atom. The van der Waals surface area contributed by atoms with Crippen molar-refractivity contribution in [3.63, 3.8) is 0 Å². The van der Waals surface area contributed by atoms with Gasteiger partial charge >= 0.3 is 0 Å². The van der Waals surface area contributed by atoms with E-state index in [1.165, 1.54) is 0 Å². The minimum Gasteiger partial charge on any atom is -0.345 e. The molecule has 20 heavy (non-hydrogen) atoms. The SMILES string of the molecule is CN(Cc1ccccc1)C(=O)c1cccc2[nH]cnc12. The van der Waals surface area contributed by atoms with Crippen LogP contribution in [0.4, 0.5) is 0 Å². The fourth-order valence-corrected chi connectivity index (χ4v) is 2.27. The van der Waals surface area contributed by atoms with E-state index in [1.807, 2.05) is 48.5 Å². The summed E-state index contributed by atoms with van der Waals surface area (Å²) in [5.41, 5.74) is 3.33. The molecule has 1 amide bonds. The van der Waals surface area contributed by atoms with E-state index in [1.54, 1.807) is 18.3 Å². The fourth-order valence-electron chi connectivity index (χ4n) is 2.27. The van der Waals surface area contributed by atoms with Crippen LogP contribution in [0.15, 0.2) is 54.9 Å². The van der Waals surface area contributed by atoms with Gasteiger partial charge in [-0.25, -0.2) is 4.98 Å². The van der Waals surface area contributed by atoms with E-state index in [0.29, 0.717) is 12.1 Å². The van der Waals surface area contributed by atoms with E-state index >= 15 is 0 Å². The van der Waals surface area contributed by atoms with Crippen molar-refractivity contribution in [2.24, 2.45) is 0 Å². The van der Waals surface area contributed by atoms with Gasteiger partial charge in [0.1, 0.15) is 5.52 Å². The first-order valence-electron chi connectivity index (χ1n) is 6.47. The molecule has 4 nitrogen and oxygen atoms in total. The third-order valence-electron chi connectivity index (χ3n) is 3.29. The molecule has 0 saturated heterocycles. The number of nitrogens with zero attached hydrogens (tertiary/aromatic N) is 2. The molecule has 1 N–H and O–H groups in total. The molecule has 1 heterocycles. The number of aromatic amines is 1. The summed E-state index contributed by atoms with van der Waals surface area (Å²) >= 11 is 0. The van der Waals surface area contributed by atoms with Crippen LogP contribution in [0.25, 0.3) is 11.0 Å². The largest absolute Gasteiger partial charge is 0.345 e. The quantitative estimate of drug-likeness (QED) is 0.791. The van der Waals surface area contributed by atoms with Crippen molar-refractivity contribution in [2.45, 2.75) is 6.54 Å². The van der Waals surface area contributed by atoms with Crippen molar-refractivity contribution in [1.29, 1.82) is 0 Å². The van der Waals surface area contributed by atoms with Gasteiger partial charge in [0.05, 0.1) is 17.4 Å². The minimum atomic E-state index is -0.0217. The van der Waals surface area contributed by atoms with Crippen LogP contribution in [0.3, 0.4) is 0 Å². The van der Waals surface area contributed by atoms with Crippen LogP contribution in [0.2, 0.25) is 0 Å². The Labute approximate surface area is 117 Å². The number of nitrogens with one attached hydrogen (secondary N) is 1. The maximum Gasteiger partial charge on any atom is 0.256 e. The van der Waals surface area contributed by atoms with Gasteiger partial charge in [-0.3, -0.25) is 4.79 Å². The number of imidazole rings is 1. The van der Waals surface area contributed by atoms with Gasteiger partial charge in [-0.2, -0.15) is 0 Å². The summed E-state index contributed by atoms with van der Waals surface area (Å²) in [6, 6.07) is 15.5. The summed E-state index contributed by atoms with van der Waals surface area (Å²) < 4.78 is 0. The normalized spacial score (nSPS) is 10.7. The standard InChI is InChI=1S/C16H15N3O/c1-19(10-12-6-3-2-4-7-12)16(20)13-8-5-9-14-15(13)18-11-17-14/h2-9,11H,10H2,1H3,(H,17,18). The second kappa shape index (κ2) is 5.17. The molecular weight excluding hydrogens is 250 g/mol. The molecule has 3 aromatic rings. The zero-order valence-corrected chi connectivity index (χ0v) is 11.2. The molecule has 100 valence electrons. The molecule has 1 aromatic heterocycles. The van der Waals surface area contributed by atoms with Gasteiger partial charge < -0.3 is 9.88 Å². The van der Waals surface area contributed by atoms with E-state index in [-0.39, 0.29) is 5.91 Å². The second-order valence-electron chi connectivity index (χ2n) is 4.75. The number of hydrogen-bond acceptors (Lipinski definition) is 2. The van der Waals surface area contributed by atoms with Gasteiger partial charge in [0.2, 0.25) is 0 Å². The summed E-state index contributed by atoms with van der Waals surface area (Å²) in [7, 11) is 1.81. The Bertz CT molecular complexity index is 734. The highest BCUT2D eigenvalue weighted by molar-refractivity contribution is 6.04. The van der Waals surface area contributed by atoms with Crippen molar-refractivity contribution in [1.82, 2.24) is 14.9 Å². The molecule has 4 heteroatoms. The Morgan fingerprint density at radius 1 is 1.15 bits per heavy atom. The van der Waals surface area contributed by atoms with Crippen molar-refractivity contribution in [3.05, 3.63) is 66.0 Å². The highest BCUT2D eigenvalue weighted by Crippen LogP contribution is 2.17. The van der Waals surface area contributed by atoms with Crippen LogP contribution >= 0.6 is 0 Å². The van der Waals surface area contributed by atoms with Crippen molar-refractivity contribution in [2.75, 3.05) is 7.05 Å². The first-order chi connectivity index (χ1) is 9.75. The summed E-state index contributed by atoms with van der Waals surface area (Å²) in [5.74, 6) is -0.0217. The lowest BCUT2D eigenvalue weighted by atomic mass is 10.1. The number of H-pyrrole nitrogens is 1. The van der Waals surface area contributed by atoms with Crippen LogP contribution < -0.4 is 0 Å². The zero-order valence-electron chi connectivity index (χ0n) is 11.2. The van der Waals surface area contributed by atoms with E-state index in [2.05, 4.69) is 9.97 Å². The van der Waals surface area contributed by atoms with Gasteiger partial charge in [0.15, 0.2) is 0 Å². The predicted octanol–water partition coefficient (Wildman–Crippen LogP) is 2.84. The van der Waals surface area contributed by atoms with Crippen molar-refractivity contribution < 1.29 is 4.79 Å². The molecule has 0 spiro atoms. The van der Waals surface area contributed by atoms with E-state index in [9.17, 15) is 4.79 Å². The summed E-state index contributed by atoms with van der Waals surface area (Å²) in [5, 5.41) is 0. The smallest absolute Gasteiger partial charge is 0.256 e. The van der Waals surface area contributed by atoms with E-state index in [0.717, 1.165) is 16.6 Å². The molecule has 0 unspecified atom stereocenters. The van der Waals surface area contributed by atoms with Gasteiger partial charge in [-0.15, -0.1) is 0 Å². The van der Waals surface area contributed by atoms with Gasteiger partial charge in [0, 0.05) is 13.6 Å². The highest BCUT2D eigenvalue weighted by atomic mass is 16.2. The lowest BCUT2D eigenvalue weighted by Crippen LogP contribution is -2.26. The Hall–Kier alpha value is -2.62. The fraction of sp³-hybridized carbons (Fsp3) is 0.125. The average molecular weight is 265 g/mol. The molecule has 0 saturated carbocycles. The Kier molecular flexibility index (Phi) is 3.21. The third-order valence-corrected chi connectivity index (χ3v) is 3.29. The van der Waals surface area contributed by atoms with Gasteiger partial charge in [-0.1, -0.05) is 36.4 Å². The molecule has 3 rings (SSSR count). The number of carbonyl (C=O) groups excluding carboxylic acids is 1. The number of amides is 1. The Morgan fingerprint density at radius 3 is 2.75 bits per heavy atom. The van der Waals surface area contributed by atoms with Gasteiger partial charge in [0.25, 0.3) is 5.91 Å². The minimum absolute atomic E-state index is 0.0217. The van der Waals surface area contributed by atoms with Crippen LogP contribution in [-0.2, 0) is 6.54 Å². The van der Waals surface area contributed by atoms with Crippen LogP contribution in [0.5, 0.6) is 0 Å². The number of para-hydroxylation sites is 1. The molecule has 0 aliphatic rings. The summed E-state index contributed by atoms with van der Waals surface area (Å²) in [6.45, 7) is 0.584. The maximum absolute atomic E-state index is 12.5. The van der Waals surface area contributed by atoms with Crippen LogP contribution in [0, 0.1) is 0 Å². The summed E-state index contributed by atoms with van der Waals surface area (Å²) in [6.07, 6.45) is 1.61. The summed E-state index contributed by atoms with van der Waals surface area (Å²) in [4.78, 5) is 21.5. The molecule has 0 atom stereocenters. The number of aromatic nitrogens is 2. The molecule has 0 aliphatic heterocycles. The molecule has 0 bridgehead atoms. The number of rotatable bonds is 3. The van der Waals surface area contributed by atoms with Gasteiger partial charge in [-0.05, 0) is 17.7 Å². The number of carbonyl (C=O) groups is 1. The van der Waals surface area contributed by atoms with Crippen LogP contribution in [-0.4, -0.2) is 27.8 Å². The van der Waals surface area contributed by atoms with E-state index in [4.69, 9.17) is 0 Å². The number of hydrogen-bond donors (Lipinski definition) is 1. The highest BCUT2D eigenvalue weighted by Gasteiger charge is 2.16. The average Bonchev–Trinajstić information content (AvgIpc) is 2.96. The van der Waals surface area contributed by atoms with Crippen LogP contribution in [0.1, 0.15) is 15.9 Å². The maximum atomic E-state index is 12.5. The first kappa shape index (κ1) is 12.4. The topological polar surface area (TPSA) is 49.0 Å². The van der Waals surface area contributed by atoms with Crippen molar-refractivity contribution >= 4 is 16.9 Å². The second-order valence-corrected chi connectivity index (χ2v) is 4.75. The van der Waals surface area contributed by atoms with E-state index < -0.39 is 0 Å². The number of benzene rings is 2. The lowest BCUT2D eigenvalue weighted by Gasteiger charge is -2.17. The molecule has 0 aliphatic carbocycles. The Balaban J connectivity index is 1.87.